The number of fused-ring (bicyclic) bond motifs is 1. The molecule has 0 amide bonds. The smallest absolute Gasteiger partial charge is 0.189 e. The van der Waals surface area contributed by atoms with Gasteiger partial charge in [0, 0.05) is 17.6 Å². The van der Waals surface area contributed by atoms with Crippen molar-refractivity contribution in [3.63, 3.8) is 0 Å². The van der Waals surface area contributed by atoms with Gasteiger partial charge in [0.15, 0.2) is 17.3 Å². The second kappa shape index (κ2) is 4.42. The van der Waals surface area contributed by atoms with Crippen LogP contribution in [-0.2, 0) is 6.42 Å². The van der Waals surface area contributed by atoms with Gasteiger partial charge in [-0.2, -0.15) is 0 Å². The Morgan fingerprint density at radius 3 is 2.50 bits per heavy atom. The lowest BCUT2D eigenvalue weighted by Gasteiger charge is -2.00. The number of rotatable bonds is 1. The van der Waals surface area contributed by atoms with E-state index in [2.05, 4.69) is 0 Å². The summed E-state index contributed by atoms with van der Waals surface area (Å²) in [4.78, 5) is 12.2. The van der Waals surface area contributed by atoms with Crippen LogP contribution in [0.2, 0.25) is 0 Å². The Hall–Kier alpha value is -2.75. The standard InChI is InChI=1S/C16H12O4/c17-12-2-3-13-10(8-12)7-11(16(13)20)5-9-1-4-14(18)15(19)6-9/h1-6,8,17-19H,7H2/b11-5+. The number of Topliss-reactive ketones (excluding diaryl/α,β-unsaturated/α-hetero) is 1. The van der Waals surface area contributed by atoms with E-state index in [-0.39, 0.29) is 23.0 Å². The van der Waals surface area contributed by atoms with Crippen molar-refractivity contribution >= 4 is 11.9 Å². The minimum absolute atomic E-state index is 0.0763. The van der Waals surface area contributed by atoms with Crippen molar-refractivity contribution in [2.45, 2.75) is 6.42 Å². The van der Waals surface area contributed by atoms with Crippen LogP contribution in [0.4, 0.5) is 0 Å². The summed E-state index contributed by atoms with van der Waals surface area (Å²) in [5, 5.41) is 28.2. The van der Waals surface area contributed by atoms with Crippen LogP contribution in [-0.4, -0.2) is 21.1 Å². The monoisotopic (exact) mass is 268 g/mol. The van der Waals surface area contributed by atoms with Gasteiger partial charge in [0.1, 0.15) is 5.75 Å². The molecule has 0 aromatic heterocycles. The Kier molecular flexibility index (Phi) is 2.71. The van der Waals surface area contributed by atoms with Gasteiger partial charge in [-0.25, -0.2) is 0 Å². The van der Waals surface area contributed by atoms with Crippen LogP contribution in [0.5, 0.6) is 17.2 Å². The van der Waals surface area contributed by atoms with Crippen LogP contribution in [0.3, 0.4) is 0 Å². The summed E-state index contributed by atoms with van der Waals surface area (Å²) >= 11 is 0. The molecule has 0 unspecified atom stereocenters. The summed E-state index contributed by atoms with van der Waals surface area (Å²) in [7, 11) is 0. The Bertz CT molecular complexity index is 744. The van der Waals surface area contributed by atoms with E-state index in [1.54, 1.807) is 24.3 Å². The van der Waals surface area contributed by atoms with E-state index in [1.807, 2.05) is 0 Å². The molecule has 0 aliphatic heterocycles. The minimum Gasteiger partial charge on any atom is -0.508 e. The normalized spacial score (nSPS) is 15.6. The number of phenolic OH excluding ortho intramolecular Hbond substituents is 3. The molecule has 0 saturated carbocycles. The van der Waals surface area contributed by atoms with Gasteiger partial charge in [0.25, 0.3) is 0 Å². The third-order valence-corrected chi connectivity index (χ3v) is 3.35. The first-order chi connectivity index (χ1) is 9.54. The zero-order valence-corrected chi connectivity index (χ0v) is 10.5. The lowest BCUT2D eigenvalue weighted by molar-refractivity contribution is 0.104. The number of carbonyl (C=O) groups excluding carboxylic acids is 1. The molecule has 0 fully saturated rings. The molecule has 2 aromatic carbocycles. The first-order valence-corrected chi connectivity index (χ1v) is 6.14. The SMILES string of the molecule is O=C1/C(=C/c2ccc(O)c(O)c2)Cc2cc(O)ccc21. The summed E-state index contributed by atoms with van der Waals surface area (Å²) in [6, 6.07) is 9.09. The molecule has 1 aliphatic carbocycles. The van der Waals surface area contributed by atoms with E-state index in [1.165, 1.54) is 18.2 Å². The molecule has 20 heavy (non-hydrogen) atoms. The van der Waals surface area contributed by atoms with Gasteiger partial charge in [-0.3, -0.25) is 4.79 Å². The number of benzene rings is 2. The van der Waals surface area contributed by atoms with Gasteiger partial charge in [-0.1, -0.05) is 6.07 Å². The van der Waals surface area contributed by atoms with Gasteiger partial charge in [0.05, 0.1) is 0 Å². The molecule has 2 aromatic rings. The number of hydrogen-bond donors (Lipinski definition) is 3. The minimum atomic E-state index is -0.222. The van der Waals surface area contributed by atoms with E-state index < -0.39 is 0 Å². The van der Waals surface area contributed by atoms with Crippen molar-refractivity contribution in [1.29, 1.82) is 0 Å². The lowest BCUT2D eigenvalue weighted by Crippen LogP contribution is -1.94. The summed E-state index contributed by atoms with van der Waals surface area (Å²) in [6.07, 6.45) is 2.13. The molecule has 0 bridgehead atoms. The zero-order valence-electron chi connectivity index (χ0n) is 10.5. The van der Waals surface area contributed by atoms with Gasteiger partial charge < -0.3 is 15.3 Å². The maximum absolute atomic E-state index is 12.2. The number of aromatic hydroxyl groups is 3. The van der Waals surface area contributed by atoms with Gasteiger partial charge in [0.2, 0.25) is 0 Å². The average molecular weight is 268 g/mol. The molecule has 0 spiro atoms. The van der Waals surface area contributed by atoms with Crippen molar-refractivity contribution in [1.82, 2.24) is 0 Å². The molecule has 4 nitrogen and oxygen atoms in total. The van der Waals surface area contributed by atoms with Crippen molar-refractivity contribution in [3.8, 4) is 17.2 Å². The van der Waals surface area contributed by atoms with Crippen LogP contribution >= 0.6 is 0 Å². The van der Waals surface area contributed by atoms with E-state index in [0.29, 0.717) is 23.1 Å². The lowest BCUT2D eigenvalue weighted by atomic mass is 10.1. The van der Waals surface area contributed by atoms with E-state index in [4.69, 9.17) is 0 Å². The topological polar surface area (TPSA) is 77.8 Å². The summed E-state index contributed by atoms with van der Waals surface area (Å²) in [5.41, 5.74) is 2.62. The average Bonchev–Trinajstić information content (AvgIpc) is 2.70. The molecular formula is C16H12O4. The van der Waals surface area contributed by atoms with E-state index >= 15 is 0 Å². The highest BCUT2D eigenvalue weighted by Crippen LogP contribution is 2.31. The third-order valence-electron chi connectivity index (χ3n) is 3.35. The maximum atomic E-state index is 12.2. The van der Waals surface area contributed by atoms with Crippen LogP contribution in [0, 0.1) is 0 Å². The van der Waals surface area contributed by atoms with Crippen LogP contribution in [0.25, 0.3) is 6.08 Å². The third kappa shape index (κ3) is 2.01. The molecule has 3 N–H and O–H groups in total. The number of phenols is 3. The summed E-state index contributed by atoms with van der Waals surface area (Å²) < 4.78 is 0. The molecule has 1 aliphatic rings. The Morgan fingerprint density at radius 1 is 0.950 bits per heavy atom. The second-order valence-corrected chi connectivity index (χ2v) is 4.77. The quantitative estimate of drug-likeness (QED) is 0.549. The van der Waals surface area contributed by atoms with Crippen LogP contribution in [0.1, 0.15) is 21.5 Å². The predicted molar refractivity (Wildman–Crippen MR) is 73.9 cm³/mol. The maximum Gasteiger partial charge on any atom is 0.189 e. The fourth-order valence-electron chi connectivity index (χ4n) is 2.35. The van der Waals surface area contributed by atoms with Crippen molar-refractivity contribution in [2.24, 2.45) is 0 Å². The van der Waals surface area contributed by atoms with Crippen molar-refractivity contribution < 1.29 is 20.1 Å². The van der Waals surface area contributed by atoms with Crippen LogP contribution in [0.15, 0.2) is 42.0 Å². The molecular weight excluding hydrogens is 256 g/mol. The van der Waals surface area contributed by atoms with E-state index in [9.17, 15) is 20.1 Å². The van der Waals surface area contributed by atoms with Gasteiger partial charge in [-0.15, -0.1) is 0 Å². The molecule has 0 saturated heterocycles. The summed E-state index contributed by atoms with van der Waals surface area (Å²) in [6.45, 7) is 0. The highest BCUT2D eigenvalue weighted by molar-refractivity contribution is 6.15. The molecule has 0 heterocycles. The Balaban J connectivity index is 1.99. The fraction of sp³-hybridized carbons (Fsp3) is 0.0625. The van der Waals surface area contributed by atoms with Crippen LogP contribution < -0.4 is 0 Å². The zero-order chi connectivity index (χ0) is 14.3. The molecule has 3 rings (SSSR count). The molecule has 0 radical (unpaired) electrons. The number of allylic oxidation sites excluding steroid dienone is 1. The fourth-order valence-corrected chi connectivity index (χ4v) is 2.35. The first kappa shape index (κ1) is 12.3. The molecule has 4 heteroatoms. The van der Waals surface area contributed by atoms with E-state index in [0.717, 1.165) is 5.56 Å². The van der Waals surface area contributed by atoms with Gasteiger partial charge >= 0.3 is 0 Å². The number of ketones is 1. The summed E-state index contributed by atoms with van der Waals surface area (Å²) in [5.74, 6) is -0.356. The number of hydrogen-bond acceptors (Lipinski definition) is 4. The Labute approximate surface area is 115 Å². The van der Waals surface area contributed by atoms with Crippen molar-refractivity contribution in [3.05, 3.63) is 58.7 Å². The van der Waals surface area contributed by atoms with Crippen molar-refractivity contribution in [2.75, 3.05) is 0 Å². The molecule has 100 valence electrons. The predicted octanol–water partition coefficient (Wildman–Crippen LogP) is 2.63. The number of carbonyl (C=O) groups is 1. The van der Waals surface area contributed by atoms with Gasteiger partial charge in [-0.05, 0) is 47.5 Å². The largest absolute Gasteiger partial charge is 0.508 e. The molecule has 0 atom stereocenters. The first-order valence-electron chi connectivity index (χ1n) is 6.14. The highest BCUT2D eigenvalue weighted by Gasteiger charge is 2.24. The second-order valence-electron chi connectivity index (χ2n) is 4.77. The highest BCUT2D eigenvalue weighted by atomic mass is 16.3. The Morgan fingerprint density at radius 2 is 1.75 bits per heavy atom.